The van der Waals surface area contributed by atoms with Crippen molar-refractivity contribution in [3.8, 4) is 5.75 Å². The summed E-state index contributed by atoms with van der Waals surface area (Å²) in [7, 11) is 0. The highest BCUT2D eigenvalue weighted by atomic mass is 16.5. The van der Waals surface area contributed by atoms with Crippen LogP contribution in [-0.4, -0.2) is 84.0 Å². The average Bonchev–Trinajstić information content (AvgIpc) is 2.84. The van der Waals surface area contributed by atoms with Crippen LogP contribution in [0.2, 0.25) is 0 Å². The zero-order valence-corrected chi connectivity index (χ0v) is 18.3. The van der Waals surface area contributed by atoms with Crippen LogP contribution in [0.4, 0.5) is 5.95 Å². The van der Waals surface area contributed by atoms with Gasteiger partial charge in [0.2, 0.25) is 5.95 Å². The van der Waals surface area contributed by atoms with Crippen molar-refractivity contribution >= 4 is 11.9 Å². The van der Waals surface area contributed by atoms with Crippen LogP contribution in [0.15, 0.2) is 42.7 Å². The molecule has 3 heterocycles. The van der Waals surface area contributed by atoms with E-state index in [1.807, 2.05) is 29.2 Å². The normalized spacial score (nSPS) is 21.4. The van der Waals surface area contributed by atoms with E-state index in [2.05, 4.69) is 15.3 Å². The molecule has 2 N–H and O–H groups in total. The smallest absolute Gasteiger partial charge is 0.260 e. The molecule has 1 unspecified atom stereocenters. The van der Waals surface area contributed by atoms with Gasteiger partial charge >= 0.3 is 0 Å². The molecule has 0 saturated carbocycles. The van der Waals surface area contributed by atoms with Crippen molar-refractivity contribution in [2.75, 3.05) is 57.4 Å². The highest BCUT2D eigenvalue weighted by molar-refractivity contribution is 5.77. The largest absolute Gasteiger partial charge is 0.484 e. The average molecular weight is 442 g/mol. The standard InChI is InChI=1S/C23H31N5O4/c29-21(27-11-13-31-14-12-27)16-32-20-5-3-19(4-6-20)15-24-17-23(30)7-1-10-28(18-23)22-25-8-2-9-26-22/h2-6,8-9,24,30H,1,7,10-18H2. The van der Waals surface area contributed by atoms with Crippen molar-refractivity contribution in [3.63, 3.8) is 0 Å². The summed E-state index contributed by atoms with van der Waals surface area (Å²) in [5.74, 6) is 1.31. The first-order valence-corrected chi connectivity index (χ1v) is 11.1. The van der Waals surface area contributed by atoms with Crippen molar-refractivity contribution in [2.24, 2.45) is 0 Å². The molecule has 0 aliphatic carbocycles. The first-order chi connectivity index (χ1) is 15.6. The quantitative estimate of drug-likeness (QED) is 0.622. The molecule has 1 amide bonds. The highest BCUT2D eigenvalue weighted by Gasteiger charge is 2.33. The number of nitrogens with zero attached hydrogens (tertiary/aromatic N) is 4. The number of aromatic nitrogens is 2. The van der Waals surface area contributed by atoms with Crippen LogP contribution >= 0.6 is 0 Å². The number of morpholine rings is 1. The van der Waals surface area contributed by atoms with Gasteiger partial charge in [-0.3, -0.25) is 4.79 Å². The number of rotatable bonds is 8. The summed E-state index contributed by atoms with van der Waals surface area (Å²) in [6, 6.07) is 9.47. The van der Waals surface area contributed by atoms with Crippen LogP contribution < -0.4 is 15.0 Å². The third-order valence-electron chi connectivity index (χ3n) is 5.82. The summed E-state index contributed by atoms with van der Waals surface area (Å²) in [4.78, 5) is 24.6. The maximum absolute atomic E-state index is 12.2. The van der Waals surface area contributed by atoms with Crippen LogP contribution in [0.25, 0.3) is 0 Å². The van der Waals surface area contributed by atoms with E-state index in [9.17, 15) is 9.90 Å². The number of anilines is 1. The lowest BCUT2D eigenvalue weighted by molar-refractivity contribution is -0.137. The summed E-state index contributed by atoms with van der Waals surface area (Å²) in [5, 5.41) is 14.4. The van der Waals surface area contributed by atoms with E-state index < -0.39 is 5.60 Å². The Morgan fingerprint density at radius 3 is 2.66 bits per heavy atom. The number of carbonyl (C=O) groups is 1. The third kappa shape index (κ3) is 6.15. The molecule has 4 rings (SSSR count). The molecule has 2 fully saturated rings. The molecule has 2 saturated heterocycles. The fraction of sp³-hybridized carbons (Fsp3) is 0.522. The molecule has 9 nitrogen and oxygen atoms in total. The molecular weight excluding hydrogens is 410 g/mol. The Morgan fingerprint density at radius 1 is 1.16 bits per heavy atom. The Bertz CT molecular complexity index is 860. The van der Waals surface area contributed by atoms with Crippen LogP contribution in [0.1, 0.15) is 18.4 Å². The fourth-order valence-corrected chi connectivity index (χ4v) is 4.07. The number of amides is 1. The summed E-state index contributed by atoms with van der Waals surface area (Å²) in [6.45, 7) is 4.92. The van der Waals surface area contributed by atoms with Crippen molar-refractivity contribution in [1.82, 2.24) is 20.2 Å². The van der Waals surface area contributed by atoms with Gasteiger partial charge < -0.3 is 29.7 Å². The highest BCUT2D eigenvalue weighted by Crippen LogP contribution is 2.23. The van der Waals surface area contributed by atoms with E-state index in [0.717, 1.165) is 24.9 Å². The van der Waals surface area contributed by atoms with E-state index >= 15 is 0 Å². The van der Waals surface area contributed by atoms with Gasteiger partial charge in [-0.15, -0.1) is 0 Å². The topological polar surface area (TPSA) is 100 Å². The first kappa shape index (κ1) is 22.4. The zero-order valence-electron chi connectivity index (χ0n) is 18.3. The maximum atomic E-state index is 12.2. The lowest BCUT2D eigenvalue weighted by Crippen LogP contribution is -2.53. The van der Waals surface area contributed by atoms with E-state index in [-0.39, 0.29) is 12.5 Å². The van der Waals surface area contributed by atoms with Crippen molar-refractivity contribution in [3.05, 3.63) is 48.3 Å². The molecule has 0 bridgehead atoms. The van der Waals surface area contributed by atoms with Crippen molar-refractivity contribution < 1.29 is 19.4 Å². The van der Waals surface area contributed by atoms with Gasteiger partial charge in [-0.2, -0.15) is 0 Å². The van der Waals surface area contributed by atoms with Gasteiger partial charge in [-0.05, 0) is 36.6 Å². The minimum Gasteiger partial charge on any atom is -0.484 e. The van der Waals surface area contributed by atoms with Crippen molar-refractivity contribution in [2.45, 2.75) is 25.0 Å². The Hall–Kier alpha value is -2.75. The minimum atomic E-state index is -0.819. The van der Waals surface area contributed by atoms with Gasteiger partial charge in [0.05, 0.1) is 25.4 Å². The number of piperidine rings is 1. The predicted octanol–water partition coefficient (Wildman–Crippen LogP) is 0.835. The molecule has 0 radical (unpaired) electrons. The molecule has 1 atom stereocenters. The molecule has 2 aliphatic heterocycles. The lowest BCUT2D eigenvalue weighted by atomic mass is 9.93. The second-order valence-electron chi connectivity index (χ2n) is 8.33. The Labute approximate surface area is 188 Å². The maximum Gasteiger partial charge on any atom is 0.260 e. The van der Waals surface area contributed by atoms with Crippen molar-refractivity contribution in [1.29, 1.82) is 0 Å². The Morgan fingerprint density at radius 2 is 1.91 bits per heavy atom. The summed E-state index contributed by atoms with van der Waals surface area (Å²) in [6.07, 6.45) is 5.08. The van der Waals surface area contributed by atoms with Crippen LogP contribution in [0, 0.1) is 0 Å². The van der Waals surface area contributed by atoms with Crippen LogP contribution in [-0.2, 0) is 16.1 Å². The monoisotopic (exact) mass is 441 g/mol. The fourth-order valence-electron chi connectivity index (χ4n) is 4.07. The van der Waals surface area contributed by atoms with Gasteiger partial charge in [0.1, 0.15) is 5.75 Å². The number of nitrogens with one attached hydrogen (secondary N) is 1. The molecule has 2 aromatic rings. The van der Waals surface area contributed by atoms with E-state index in [1.165, 1.54) is 0 Å². The third-order valence-corrected chi connectivity index (χ3v) is 5.82. The van der Waals surface area contributed by atoms with Gasteiger partial charge in [0.25, 0.3) is 5.91 Å². The first-order valence-electron chi connectivity index (χ1n) is 11.1. The number of β-amino-alcohol motifs (C(OH)–C–C–N with tert-alkyl or cyclic N) is 1. The molecule has 9 heteroatoms. The zero-order chi connectivity index (χ0) is 22.2. The van der Waals surface area contributed by atoms with Crippen LogP contribution in [0.3, 0.4) is 0 Å². The van der Waals surface area contributed by atoms with Gasteiger partial charge in [-0.1, -0.05) is 12.1 Å². The van der Waals surface area contributed by atoms with Gasteiger partial charge in [0, 0.05) is 45.1 Å². The molecule has 172 valence electrons. The van der Waals surface area contributed by atoms with E-state index in [0.29, 0.717) is 57.6 Å². The second-order valence-corrected chi connectivity index (χ2v) is 8.33. The molecule has 1 aromatic heterocycles. The molecule has 1 aromatic carbocycles. The van der Waals surface area contributed by atoms with E-state index in [1.54, 1.807) is 23.4 Å². The second kappa shape index (κ2) is 10.7. The Kier molecular flexibility index (Phi) is 7.51. The molecule has 2 aliphatic rings. The Balaban J connectivity index is 1.20. The minimum absolute atomic E-state index is 0.0188. The predicted molar refractivity (Wildman–Crippen MR) is 119 cm³/mol. The lowest BCUT2D eigenvalue weighted by Gasteiger charge is -2.39. The SMILES string of the molecule is O=C(COc1ccc(CNCC2(O)CCCN(c3ncccn3)C2)cc1)N1CCOCC1. The summed E-state index contributed by atoms with van der Waals surface area (Å²) in [5.41, 5.74) is 0.264. The summed E-state index contributed by atoms with van der Waals surface area (Å²) >= 11 is 0. The number of hydrogen-bond acceptors (Lipinski definition) is 8. The van der Waals surface area contributed by atoms with E-state index in [4.69, 9.17) is 9.47 Å². The van der Waals surface area contributed by atoms with Gasteiger partial charge in [-0.25, -0.2) is 9.97 Å². The number of benzene rings is 1. The number of hydrogen-bond donors (Lipinski definition) is 2. The van der Waals surface area contributed by atoms with Gasteiger partial charge in [0.15, 0.2) is 6.61 Å². The van der Waals surface area contributed by atoms with Crippen LogP contribution in [0.5, 0.6) is 5.75 Å². The summed E-state index contributed by atoms with van der Waals surface area (Å²) < 4.78 is 10.9. The number of ether oxygens (including phenoxy) is 2. The molecular formula is C23H31N5O4. The number of carbonyl (C=O) groups excluding carboxylic acids is 1. The molecule has 0 spiro atoms. The molecule has 32 heavy (non-hydrogen) atoms. The number of aliphatic hydroxyl groups is 1.